The Morgan fingerprint density at radius 1 is 1.24 bits per heavy atom. The van der Waals surface area contributed by atoms with Gasteiger partial charge in [0.15, 0.2) is 0 Å². The topological polar surface area (TPSA) is 41.5 Å². The van der Waals surface area contributed by atoms with Crippen LogP contribution >= 0.6 is 0 Å². The van der Waals surface area contributed by atoms with E-state index in [4.69, 9.17) is 4.74 Å². The number of aliphatic hydroxyl groups is 1. The van der Waals surface area contributed by atoms with Crippen LogP contribution in [-0.4, -0.2) is 37.1 Å². The lowest BCUT2D eigenvalue weighted by molar-refractivity contribution is -0.135. The average molecular weight is 305 g/mol. The number of rotatable bonds is 8. The second-order valence-electron chi connectivity index (χ2n) is 5.11. The zero-order valence-electron chi connectivity index (χ0n) is 12.3. The number of hydrogen-bond acceptors (Lipinski definition) is 3. The van der Waals surface area contributed by atoms with Crippen molar-refractivity contribution in [1.82, 2.24) is 5.32 Å². The number of nitrogens with one attached hydrogen (secondary N) is 1. The maximum Gasteiger partial charge on any atom is 0.389 e. The van der Waals surface area contributed by atoms with E-state index in [9.17, 15) is 18.3 Å². The zero-order valence-corrected chi connectivity index (χ0v) is 12.3. The lowest BCUT2D eigenvalue weighted by atomic mass is 10.1. The number of halogens is 3. The van der Waals surface area contributed by atoms with Gasteiger partial charge in [0.1, 0.15) is 18.5 Å². The highest BCUT2D eigenvalue weighted by Crippen LogP contribution is 2.22. The molecule has 1 rings (SSSR count). The van der Waals surface area contributed by atoms with Crippen LogP contribution in [0.4, 0.5) is 13.2 Å². The monoisotopic (exact) mass is 305 g/mol. The Morgan fingerprint density at radius 3 is 2.43 bits per heavy atom. The molecule has 0 amide bonds. The van der Waals surface area contributed by atoms with E-state index in [0.717, 1.165) is 16.9 Å². The van der Waals surface area contributed by atoms with E-state index in [-0.39, 0.29) is 26.1 Å². The summed E-state index contributed by atoms with van der Waals surface area (Å²) in [5.74, 6) is 0.744. The van der Waals surface area contributed by atoms with Crippen molar-refractivity contribution in [2.75, 3.05) is 19.7 Å². The van der Waals surface area contributed by atoms with Crippen molar-refractivity contribution in [2.45, 2.75) is 39.0 Å². The molecule has 0 bridgehead atoms. The smallest absolute Gasteiger partial charge is 0.389 e. The quantitative estimate of drug-likeness (QED) is 0.726. The Hall–Kier alpha value is -1.27. The predicted octanol–water partition coefficient (Wildman–Crippen LogP) is 2.98. The standard InChI is InChI=1S/C15H22F3NO2/c1-11-5-3-6-12(2)14(11)21-10-13(20)9-19-8-4-7-15(16,17)18/h3,5-6,13,19-20H,4,7-10H2,1-2H3. The maximum atomic E-state index is 11.9. The number of benzene rings is 1. The van der Waals surface area contributed by atoms with Gasteiger partial charge >= 0.3 is 6.18 Å². The van der Waals surface area contributed by atoms with Crippen LogP contribution in [0.25, 0.3) is 0 Å². The molecule has 0 aromatic heterocycles. The first-order valence-electron chi connectivity index (χ1n) is 6.94. The van der Waals surface area contributed by atoms with Gasteiger partial charge in [-0.1, -0.05) is 18.2 Å². The van der Waals surface area contributed by atoms with Crippen LogP contribution in [-0.2, 0) is 0 Å². The third-order valence-corrected chi connectivity index (χ3v) is 3.02. The number of ether oxygens (including phenoxy) is 1. The summed E-state index contributed by atoms with van der Waals surface area (Å²) in [5, 5.41) is 12.5. The molecule has 0 saturated carbocycles. The van der Waals surface area contributed by atoms with Gasteiger partial charge in [-0.2, -0.15) is 13.2 Å². The van der Waals surface area contributed by atoms with Crippen molar-refractivity contribution in [2.24, 2.45) is 0 Å². The Labute approximate surface area is 123 Å². The van der Waals surface area contributed by atoms with Gasteiger partial charge in [-0.3, -0.25) is 0 Å². The number of aliphatic hydroxyl groups excluding tert-OH is 1. The third kappa shape index (κ3) is 7.34. The van der Waals surface area contributed by atoms with Gasteiger partial charge in [0.25, 0.3) is 0 Å². The van der Waals surface area contributed by atoms with Crippen molar-refractivity contribution in [1.29, 1.82) is 0 Å². The molecule has 0 radical (unpaired) electrons. The van der Waals surface area contributed by atoms with E-state index in [1.165, 1.54) is 0 Å². The predicted molar refractivity (Wildman–Crippen MR) is 75.6 cm³/mol. The zero-order chi connectivity index (χ0) is 15.9. The molecule has 0 heterocycles. The minimum absolute atomic E-state index is 0.00792. The minimum atomic E-state index is -4.12. The van der Waals surface area contributed by atoms with Gasteiger partial charge in [0.05, 0.1) is 0 Å². The van der Waals surface area contributed by atoms with Crippen LogP contribution in [0.3, 0.4) is 0 Å². The molecule has 3 nitrogen and oxygen atoms in total. The fraction of sp³-hybridized carbons (Fsp3) is 0.600. The van der Waals surface area contributed by atoms with Crippen molar-refractivity contribution >= 4 is 0 Å². The second kappa shape index (κ2) is 8.24. The molecule has 1 aromatic rings. The summed E-state index contributed by atoms with van der Waals surface area (Å²) in [6.07, 6.45) is -5.68. The molecule has 0 aliphatic carbocycles. The number of hydrogen-bond donors (Lipinski definition) is 2. The van der Waals surface area contributed by atoms with Crippen LogP contribution in [0.5, 0.6) is 5.75 Å². The summed E-state index contributed by atoms with van der Waals surface area (Å²) in [6, 6.07) is 5.77. The molecular formula is C15H22F3NO2. The normalized spacial score (nSPS) is 13.2. The fourth-order valence-corrected chi connectivity index (χ4v) is 1.95. The van der Waals surface area contributed by atoms with Crippen LogP contribution in [0, 0.1) is 13.8 Å². The number of para-hydroxylation sites is 1. The molecule has 21 heavy (non-hydrogen) atoms. The summed E-state index contributed by atoms with van der Waals surface area (Å²) >= 11 is 0. The molecule has 0 saturated heterocycles. The van der Waals surface area contributed by atoms with Gasteiger partial charge in [0.2, 0.25) is 0 Å². The Morgan fingerprint density at radius 2 is 1.86 bits per heavy atom. The molecule has 6 heteroatoms. The van der Waals surface area contributed by atoms with E-state index in [2.05, 4.69) is 5.32 Å². The van der Waals surface area contributed by atoms with E-state index >= 15 is 0 Å². The maximum absolute atomic E-state index is 11.9. The highest BCUT2D eigenvalue weighted by molar-refractivity contribution is 5.39. The summed E-state index contributed by atoms with van der Waals surface area (Å²) in [5.41, 5.74) is 1.97. The van der Waals surface area contributed by atoms with Crippen molar-refractivity contribution in [3.63, 3.8) is 0 Å². The molecule has 2 N–H and O–H groups in total. The molecule has 0 aliphatic heterocycles. The van der Waals surface area contributed by atoms with Crippen molar-refractivity contribution < 1.29 is 23.0 Å². The Balaban J connectivity index is 2.21. The molecule has 0 aliphatic rings. The highest BCUT2D eigenvalue weighted by atomic mass is 19.4. The molecular weight excluding hydrogens is 283 g/mol. The first-order valence-corrected chi connectivity index (χ1v) is 6.94. The number of alkyl halides is 3. The van der Waals surface area contributed by atoms with Crippen LogP contribution in [0.1, 0.15) is 24.0 Å². The Kier molecular flexibility index (Phi) is 6.98. The molecule has 1 unspecified atom stereocenters. The molecule has 0 fully saturated rings. The second-order valence-corrected chi connectivity index (χ2v) is 5.11. The summed E-state index contributed by atoms with van der Waals surface area (Å²) in [7, 11) is 0. The molecule has 1 aromatic carbocycles. The van der Waals surface area contributed by atoms with E-state index in [1.54, 1.807) is 0 Å². The summed E-state index contributed by atoms with van der Waals surface area (Å²) in [4.78, 5) is 0. The van der Waals surface area contributed by atoms with Gasteiger partial charge in [-0.15, -0.1) is 0 Å². The fourth-order valence-electron chi connectivity index (χ4n) is 1.95. The molecule has 0 spiro atoms. The van der Waals surface area contributed by atoms with Gasteiger partial charge in [-0.25, -0.2) is 0 Å². The summed E-state index contributed by atoms with van der Waals surface area (Å²) in [6.45, 7) is 4.38. The molecule has 120 valence electrons. The van der Waals surface area contributed by atoms with Crippen LogP contribution < -0.4 is 10.1 Å². The third-order valence-electron chi connectivity index (χ3n) is 3.02. The first kappa shape index (κ1) is 17.8. The first-order chi connectivity index (χ1) is 9.79. The van der Waals surface area contributed by atoms with Crippen LogP contribution in [0.15, 0.2) is 18.2 Å². The van der Waals surface area contributed by atoms with E-state index in [0.29, 0.717) is 0 Å². The van der Waals surface area contributed by atoms with Crippen molar-refractivity contribution in [3.05, 3.63) is 29.3 Å². The number of aryl methyl sites for hydroxylation is 2. The molecule has 1 atom stereocenters. The highest BCUT2D eigenvalue weighted by Gasteiger charge is 2.25. The lowest BCUT2D eigenvalue weighted by Crippen LogP contribution is -2.32. The van der Waals surface area contributed by atoms with Crippen LogP contribution in [0.2, 0.25) is 0 Å². The average Bonchev–Trinajstić information content (AvgIpc) is 2.36. The largest absolute Gasteiger partial charge is 0.490 e. The SMILES string of the molecule is Cc1cccc(C)c1OCC(O)CNCCCC(F)(F)F. The minimum Gasteiger partial charge on any atom is -0.490 e. The van der Waals surface area contributed by atoms with Gasteiger partial charge in [-0.05, 0) is 37.9 Å². The summed E-state index contributed by atoms with van der Waals surface area (Å²) < 4.78 is 41.4. The van der Waals surface area contributed by atoms with Gasteiger partial charge in [0, 0.05) is 13.0 Å². The van der Waals surface area contributed by atoms with E-state index in [1.807, 2.05) is 32.0 Å². The van der Waals surface area contributed by atoms with Gasteiger partial charge < -0.3 is 15.2 Å². The van der Waals surface area contributed by atoms with E-state index < -0.39 is 18.7 Å². The Bertz CT molecular complexity index is 415. The lowest BCUT2D eigenvalue weighted by Gasteiger charge is -2.16. The van der Waals surface area contributed by atoms with Crippen molar-refractivity contribution in [3.8, 4) is 5.75 Å².